The van der Waals surface area contributed by atoms with E-state index in [-0.39, 0.29) is 11.7 Å². The van der Waals surface area contributed by atoms with Gasteiger partial charge >= 0.3 is 0 Å². The van der Waals surface area contributed by atoms with Gasteiger partial charge in [0.1, 0.15) is 5.82 Å². The number of carbonyl (C=O) groups is 1. The van der Waals surface area contributed by atoms with Gasteiger partial charge in [0.2, 0.25) is 11.8 Å². The van der Waals surface area contributed by atoms with Gasteiger partial charge in [0, 0.05) is 28.1 Å². The fraction of sp³-hybridized carbons (Fsp3) is 0.160. The van der Waals surface area contributed by atoms with Gasteiger partial charge in [-0.15, -0.1) is 22.0 Å². The van der Waals surface area contributed by atoms with Crippen molar-refractivity contribution in [1.82, 2.24) is 15.5 Å². The first-order valence-electron chi connectivity index (χ1n) is 10.3. The van der Waals surface area contributed by atoms with Gasteiger partial charge in [0.25, 0.3) is 5.91 Å². The van der Waals surface area contributed by atoms with Crippen molar-refractivity contribution in [2.24, 2.45) is 0 Å². The van der Waals surface area contributed by atoms with Crippen LogP contribution in [0, 0.1) is 12.7 Å². The molecule has 0 saturated carbocycles. The Balaban J connectivity index is 1.28. The van der Waals surface area contributed by atoms with Gasteiger partial charge in [0.15, 0.2) is 0 Å². The van der Waals surface area contributed by atoms with Crippen molar-refractivity contribution in [2.75, 3.05) is 12.3 Å². The summed E-state index contributed by atoms with van der Waals surface area (Å²) in [5, 5.41) is 11.2. The molecule has 0 fully saturated rings. The van der Waals surface area contributed by atoms with E-state index < -0.39 is 0 Å². The molecule has 0 aliphatic rings. The minimum Gasteiger partial charge on any atom is -0.416 e. The fourth-order valence-electron chi connectivity index (χ4n) is 3.12. The standard InChI is InChI=1S/C25H22FN3O2S/c1-17-5-2-3-6-22(17)25-29-28-24(31-25)19-9-7-18(8-10-19)23(30)27-15-4-16-32-21-13-11-20(26)12-14-21/h2-3,5-14H,4,15-16H2,1H3,(H,27,30). The van der Waals surface area contributed by atoms with Crippen molar-refractivity contribution in [3.63, 3.8) is 0 Å². The second-order valence-corrected chi connectivity index (χ2v) is 8.38. The van der Waals surface area contributed by atoms with Gasteiger partial charge in [-0.1, -0.05) is 18.2 Å². The van der Waals surface area contributed by atoms with Crippen molar-refractivity contribution >= 4 is 17.7 Å². The number of nitrogens with zero attached hydrogens (tertiary/aromatic N) is 2. The number of carbonyl (C=O) groups excluding carboxylic acids is 1. The highest BCUT2D eigenvalue weighted by molar-refractivity contribution is 7.99. The minimum atomic E-state index is -0.238. The first-order valence-corrected chi connectivity index (χ1v) is 11.3. The topological polar surface area (TPSA) is 68.0 Å². The van der Waals surface area contributed by atoms with E-state index in [2.05, 4.69) is 15.5 Å². The highest BCUT2D eigenvalue weighted by Gasteiger charge is 2.13. The maximum atomic E-state index is 12.9. The number of nitrogens with one attached hydrogen (secondary N) is 1. The molecule has 7 heteroatoms. The number of thioether (sulfide) groups is 1. The molecule has 4 aromatic rings. The second kappa shape index (κ2) is 10.2. The Morgan fingerprint density at radius 1 is 0.969 bits per heavy atom. The van der Waals surface area contributed by atoms with E-state index in [1.807, 2.05) is 31.2 Å². The lowest BCUT2D eigenvalue weighted by Gasteiger charge is -2.06. The SMILES string of the molecule is Cc1ccccc1-c1nnc(-c2ccc(C(=O)NCCCSc3ccc(F)cc3)cc2)o1. The van der Waals surface area contributed by atoms with Crippen LogP contribution in [0.3, 0.4) is 0 Å². The Bertz CT molecular complexity index is 1190. The second-order valence-electron chi connectivity index (χ2n) is 7.22. The molecule has 4 rings (SSSR count). The quantitative estimate of drug-likeness (QED) is 0.275. The molecule has 32 heavy (non-hydrogen) atoms. The predicted molar refractivity (Wildman–Crippen MR) is 124 cm³/mol. The maximum Gasteiger partial charge on any atom is 0.251 e. The van der Waals surface area contributed by atoms with E-state index in [1.165, 1.54) is 12.1 Å². The Hall–Kier alpha value is -3.45. The van der Waals surface area contributed by atoms with Crippen molar-refractivity contribution in [2.45, 2.75) is 18.2 Å². The van der Waals surface area contributed by atoms with Gasteiger partial charge in [-0.2, -0.15) is 0 Å². The summed E-state index contributed by atoms with van der Waals surface area (Å²) in [6, 6.07) is 21.3. The molecule has 0 aliphatic heterocycles. The molecule has 0 aliphatic carbocycles. The van der Waals surface area contributed by atoms with Crippen LogP contribution in [0.4, 0.5) is 4.39 Å². The molecule has 0 saturated heterocycles. The fourth-order valence-corrected chi connectivity index (χ4v) is 3.98. The Morgan fingerprint density at radius 2 is 1.69 bits per heavy atom. The van der Waals surface area contributed by atoms with Crippen LogP contribution in [0.1, 0.15) is 22.3 Å². The van der Waals surface area contributed by atoms with Crippen LogP contribution in [0.5, 0.6) is 0 Å². The van der Waals surface area contributed by atoms with Crippen LogP contribution in [-0.4, -0.2) is 28.4 Å². The van der Waals surface area contributed by atoms with Crippen LogP contribution in [0.2, 0.25) is 0 Å². The Kier molecular flexibility index (Phi) is 6.97. The molecule has 0 atom stereocenters. The Morgan fingerprint density at radius 3 is 2.44 bits per heavy atom. The number of aryl methyl sites for hydroxylation is 1. The molecule has 1 amide bonds. The van der Waals surface area contributed by atoms with Gasteiger partial charge < -0.3 is 9.73 Å². The summed E-state index contributed by atoms with van der Waals surface area (Å²) in [4.78, 5) is 13.4. The molecule has 0 bridgehead atoms. The molecule has 5 nitrogen and oxygen atoms in total. The van der Waals surface area contributed by atoms with Crippen molar-refractivity contribution in [3.8, 4) is 22.9 Å². The summed E-state index contributed by atoms with van der Waals surface area (Å²) in [6.45, 7) is 2.56. The van der Waals surface area contributed by atoms with Crippen molar-refractivity contribution in [1.29, 1.82) is 0 Å². The van der Waals surface area contributed by atoms with Gasteiger partial charge in [-0.05, 0) is 79.3 Å². The van der Waals surface area contributed by atoms with E-state index in [0.29, 0.717) is 23.9 Å². The Labute approximate surface area is 190 Å². The van der Waals surface area contributed by atoms with Crippen LogP contribution in [-0.2, 0) is 0 Å². The summed E-state index contributed by atoms with van der Waals surface area (Å²) >= 11 is 1.64. The normalized spacial score (nSPS) is 10.8. The number of aromatic nitrogens is 2. The molecule has 1 N–H and O–H groups in total. The minimum absolute atomic E-state index is 0.130. The summed E-state index contributed by atoms with van der Waals surface area (Å²) in [5.74, 6) is 1.35. The zero-order valence-electron chi connectivity index (χ0n) is 17.5. The van der Waals surface area contributed by atoms with Crippen molar-refractivity contribution < 1.29 is 13.6 Å². The van der Waals surface area contributed by atoms with Crippen LogP contribution >= 0.6 is 11.8 Å². The van der Waals surface area contributed by atoms with E-state index >= 15 is 0 Å². The molecule has 0 unspecified atom stereocenters. The average molecular weight is 448 g/mol. The molecule has 0 spiro atoms. The predicted octanol–water partition coefficient (Wildman–Crippen LogP) is 5.76. The third-order valence-electron chi connectivity index (χ3n) is 4.88. The monoisotopic (exact) mass is 447 g/mol. The molecule has 1 heterocycles. The largest absolute Gasteiger partial charge is 0.416 e. The average Bonchev–Trinajstić information content (AvgIpc) is 3.30. The maximum absolute atomic E-state index is 12.9. The van der Waals surface area contributed by atoms with E-state index in [1.54, 1.807) is 48.2 Å². The molecular formula is C25H22FN3O2S. The summed E-state index contributed by atoms with van der Waals surface area (Å²) < 4.78 is 18.7. The van der Waals surface area contributed by atoms with E-state index in [9.17, 15) is 9.18 Å². The van der Waals surface area contributed by atoms with Gasteiger partial charge in [-0.3, -0.25) is 4.79 Å². The lowest BCUT2D eigenvalue weighted by molar-refractivity contribution is 0.0954. The number of halogens is 1. The van der Waals surface area contributed by atoms with Crippen LogP contribution in [0.25, 0.3) is 22.9 Å². The smallest absolute Gasteiger partial charge is 0.251 e. The van der Waals surface area contributed by atoms with E-state index in [0.717, 1.165) is 33.8 Å². The van der Waals surface area contributed by atoms with E-state index in [4.69, 9.17) is 4.42 Å². The summed E-state index contributed by atoms with van der Waals surface area (Å²) in [5.41, 5.74) is 3.29. The zero-order chi connectivity index (χ0) is 22.3. The number of benzene rings is 3. The number of hydrogen-bond acceptors (Lipinski definition) is 5. The molecule has 162 valence electrons. The van der Waals surface area contributed by atoms with Crippen LogP contribution < -0.4 is 5.32 Å². The number of hydrogen-bond donors (Lipinski definition) is 1. The first kappa shape index (κ1) is 21.8. The molecule has 0 radical (unpaired) electrons. The number of rotatable bonds is 8. The summed E-state index contributed by atoms with van der Waals surface area (Å²) in [7, 11) is 0. The van der Waals surface area contributed by atoms with Gasteiger partial charge in [0.05, 0.1) is 0 Å². The molecule has 1 aromatic heterocycles. The highest BCUT2D eigenvalue weighted by Crippen LogP contribution is 2.26. The number of amides is 1. The van der Waals surface area contributed by atoms with Crippen molar-refractivity contribution in [3.05, 3.63) is 89.7 Å². The van der Waals surface area contributed by atoms with Crippen LogP contribution in [0.15, 0.2) is 82.1 Å². The first-order chi connectivity index (χ1) is 15.6. The third-order valence-corrected chi connectivity index (χ3v) is 5.98. The lowest BCUT2D eigenvalue weighted by atomic mass is 10.1. The van der Waals surface area contributed by atoms with Gasteiger partial charge in [-0.25, -0.2) is 4.39 Å². The lowest BCUT2D eigenvalue weighted by Crippen LogP contribution is -2.24. The highest BCUT2D eigenvalue weighted by atomic mass is 32.2. The molecule has 3 aromatic carbocycles. The zero-order valence-corrected chi connectivity index (χ0v) is 18.4. The molecular weight excluding hydrogens is 425 g/mol. The third kappa shape index (κ3) is 5.42. The summed E-state index contributed by atoms with van der Waals surface area (Å²) in [6.07, 6.45) is 0.815.